The number of carbonyl (C=O) groups is 1. The van der Waals surface area contributed by atoms with E-state index in [-0.39, 0.29) is 17.8 Å². The van der Waals surface area contributed by atoms with Gasteiger partial charge in [0.1, 0.15) is 5.82 Å². The topological polar surface area (TPSA) is 79.2 Å². The highest BCUT2D eigenvalue weighted by Gasteiger charge is 2.29. The Balaban J connectivity index is 1.47. The van der Waals surface area contributed by atoms with Crippen LogP contribution >= 0.6 is 0 Å². The van der Waals surface area contributed by atoms with Gasteiger partial charge in [-0.2, -0.15) is 5.10 Å². The minimum Gasteiger partial charge on any atom is -0.355 e. The first-order valence-electron chi connectivity index (χ1n) is 10.5. The number of hydrogen-bond acceptors (Lipinski definition) is 6. The molecule has 0 aromatic carbocycles. The number of aromatic nitrogens is 4. The molecule has 1 unspecified atom stereocenters. The predicted molar refractivity (Wildman–Crippen MR) is 112 cm³/mol. The number of rotatable bonds is 5. The smallest absolute Gasteiger partial charge is 0.291 e. The quantitative estimate of drug-likeness (QED) is 0.830. The summed E-state index contributed by atoms with van der Waals surface area (Å²) in [5.41, 5.74) is 4.62. The van der Waals surface area contributed by atoms with Crippen LogP contribution in [0.1, 0.15) is 58.9 Å². The highest BCUT2D eigenvalue weighted by Crippen LogP contribution is 2.27. The monoisotopic (exact) mass is 397 g/mol. The lowest BCUT2D eigenvalue weighted by Gasteiger charge is -2.23. The summed E-state index contributed by atoms with van der Waals surface area (Å²) < 4.78 is 2.14. The molecule has 2 atom stereocenters. The van der Waals surface area contributed by atoms with Crippen molar-refractivity contribution in [3.63, 3.8) is 0 Å². The molecule has 1 saturated heterocycles. The van der Waals surface area contributed by atoms with Crippen LogP contribution in [-0.4, -0.2) is 63.8 Å². The number of anilines is 1. The molecule has 0 aliphatic carbocycles. The van der Waals surface area contributed by atoms with Crippen molar-refractivity contribution in [2.24, 2.45) is 0 Å². The third-order valence-corrected chi connectivity index (χ3v) is 6.17. The predicted octanol–water partition coefficient (Wildman–Crippen LogP) is 1.87. The molecule has 0 saturated carbocycles. The van der Waals surface area contributed by atoms with E-state index in [1.54, 1.807) is 14.1 Å². The van der Waals surface area contributed by atoms with Gasteiger partial charge in [0.15, 0.2) is 0 Å². The number of nitrogens with one attached hydrogen (secondary N) is 1. The normalized spacial score (nSPS) is 19.5. The van der Waals surface area contributed by atoms with E-state index in [0.717, 1.165) is 49.6 Å². The molecule has 8 heteroatoms. The van der Waals surface area contributed by atoms with E-state index in [1.807, 2.05) is 20.0 Å². The maximum Gasteiger partial charge on any atom is 0.291 e. The third kappa shape index (κ3) is 3.73. The standard InChI is InChI=1S/C21H31N7O/c1-13-14(2)24-19(21(29)26(4)5)25-20(13)27-10-8-16(12-27)23-15(3)17-11-22-28-9-6-7-18(17)28/h11,15-16,23H,6-10,12H2,1-5H3/t15?,16-/m1/s1. The maximum absolute atomic E-state index is 12.4. The Morgan fingerprint density at radius 1 is 1.28 bits per heavy atom. The first-order chi connectivity index (χ1) is 13.8. The number of amides is 1. The fraction of sp³-hybridized carbons (Fsp3) is 0.619. The number of fused-ring (bicyclic) bond motifs is 1. The fourth-order valence-corrected chi connectivity index (χ4v) is 4.40. The van der Waals surface area contributed by atoms with Gasteiger partial charge in [0.2, 0.25) is 5.82 Å². The molecule has 8 nitrogen and oxygen atoms in total. The van der Waals surface area contributed by atoms with Crippen LogP contribution in [0.3, 0.4) is 0 Å². The summed E-state index contributed by atoms with van der Waals surface area (Å²) in [7, 11) is 3.45. The average molecular weight is 398 g/mol. The lowest BCUT2D eigenvalue weighted by Crippen LogP contribution is -2.35. The van der Waals surface area contributed by atoms with Gasteiger partial charge in [0.05, 0.1) is 6.20 Å². The van der Waals surface area contributed by atoms with Crippen molar-refractivity contribution in [1.29, 1.82) is 0 Å². The van der Waals surface area contributed by atoms with Crippen LogP contribution in [0, 0.1) is 13.8 Å². The number of carbonyl (C=O) groups excluding carboxylic acids is 1. The Kier molecular flexibility index (Phi) is 5.29. The van der Waals surface area contributed by atoms with Gasteiger partial charge >= 0.3 is 0 Å². The molecule has 0 spiro atoms. The Labute approximate surface area is 172 Å². The first-order valence-corrected chi connectivity index (χ1v) is 10.5. The van der Waals surface area contributed by atoms with E-state index < -0.39 is 0 Å². The second kappa shape index (κ2) is 7.74. The summed E-state index contributed by atoms with van der Waals surface area (Å²) in [4.78, 5) is 25.2. The molecule has 2 aliphatic rings. The van der Waals surface area contributed by atoms with Gasteiger partial charge in [-0.05, 0) is 40.0 Å². The summed E-state index contributed by atoms with van der Waals surface area (Å²) in [5, 5.41) is 8.32. The van der Waals surface area contributed by atoms with Crippen molar-refractivity contribution in [1.82, 2.24) is 30.0 Å². The minimum absolute atomic E-state index is 0.160. The molecule has 1 fully saturated rings. The highest BCUT2D eigenvalue weighted by atomic mass is 16.2. The van der Waals surface area contributed by atoms with E-state index >= 15 is 0 Å². The van der Waals surface area contributed by atoms with Crippen molar-refractivity contribution in [3.05, 3.63) is 34.5 Å². The van der Waals surface area contributed by atoms with Crippen LogP contribution in [0.2, 0.25) is 0 Å². The highest BCUT2D eigenvalue weighted by molar-refractivity contribution is 5.90. The van der Waals surface area contributed by atoms with Crippen LogP contribution in [0.5, 0.6) is 0 Å². The lowest BCUT2D eigenvalue weighted by molar-refractivity contribution is 0.0815. The number of nitrogens with zero attached hydrogens (tertiary/aromatic N) is 6. The summed E-state index contributed by atoms with van der Waals surface area (Å²) in [6, 6.07) is 0.658. The van der Waals surface area contributed by atoms with Gasteiger partial charge in [-0.25, -0.2) is 9.97 Å². The van der Waals surface area contributed by atoms with Crippen LogP contribution in [0.4, 0.5) is 5.82 Å². The molecule has 1 N–H and O–H groups in total. The van der Waals surface area contributed by atoms with E-state index in [2.05, 4.69) is 36.9 Å². The van der Waals surface area contributed by atoms with Crippen molar-refractivity contribution < 1.29 is 4.79 Å². The van der Waals surface area contributed by atoms with Gasteiger partial charge in [-0.15, -0.1) is 0 Å². The molecular weight excluding hydrogens is 366 g/mol. The molecule has 29 heavy (non-hydrogen) atoms. The molecule has 0 bridgehead atoms. The van der Waals surface area contributed by atoms with Gasteiger partial charge in [0.25, 0.3) is 5.91 Å². The second-order valence-corrected chi connectivity index (χ2v) is 8.47. The van der Waals surface area contributed by atoms with E-state index in [0.29, 0.717) is 6.04 Å². The summed E-state index contributed by atoms with van der Waals surface area (Å²) in [6.07, 6.45) is 5.39. The Bertz CT molecular complexity index is 920. The Morgan fingerprint density at radius 2 is 2.07 bits per heavy atom. The first kappa shape index (κ1) is 19.8. The molecule has 4 heterocycles. The molecule has 2 aromatic rings. The second-order valence-electron chi connectivity index (χ2n) is 8.47. The van der Waals surface area contributed by atoms with E-state index in [4.69, 9.17) is 0 Å². The molecule has 2 aromatic heterocycles. The van der Waals surface area contributed by atoms with Crippen LogP contribution in [-0.2, 0) is 13.0 Å². The molecule has 1 amide bonds. The van der Waals surface area contributed by atoms with Crippen molar-refractivity contribution in [2.75, 3.05) is 32.1 Å². The van der Waals surface area contributed by atoms with Crippen LogP contribution in [0.25, 0.3) is 0 Å². The molecule has 156 valence electrons. The maximum atomic E-state index is 12.4. The summed E-state index contributed by atoms with van der Waals surface area (Å²) in [6.45, 7) is 9.05. The molecule has 4 rings (SSSR count). The zero-order chi connectivity index (χ0) is 20.7. The lowest BCUT2D eigenvalue weighted by atomic mass is 10.1. The molecular formula is C21H31N7O. The van der Waals surface area contributed by atoms with Gasteiger partial charge in [-0.3, -0.25) is 9.48 Å². The van der Waals surface area contributed by atoms with Crippen molar-refractivity contribution >= 4 is 11.7 Å². The summed E-state index contributed by atoms with van der Waals surface area (Å²) >= 11 is 0. The number of aryl methyl sites for hydroxylation is 2. The largest absolute Gasteiger partial charge is 0.355 e. The third-order valence-electron chi connectivity index (χ3n) is 6.17. The van der Waals surface area contributed by atoms with Gasteiger partial charge < -0.3 is 15.1 Å². The SMILES string of the molecule is Cc1nc(C(=O)N(C)C)nc(N2CC[C@@H](NC(C)c3cnn4c3CCC4)C2)c1C. The van der Waals surface area contributed by atoms with Crippen LogP contribution in [0.15, 0.2) is 6.20 Å². The fourth-order valence-electron chi connectivity index (χ4n) is 4.40. The van der Waals surface area contributed by atoms with E-state index in [1.165, 1.54) is 22.6 Å². The van der Waals surface area contributed by atoms with Crippen LogP contribution < -0.4 is 10.2 Å². The zero-order valence-corrected chi connectivity index (χ0v) is 18.1. The number of hydrogen-bond donors (Lipinski definition) is 1. The summed E-state index contributed by atoms with van der Waals surface area (Å²) in [5.74, 6) is 0.992. The minimum atomic E-state index is -0.160. The van der Waals surface area contributed by atoms with Crippen molar-refractivity contribution in [2.45, 2.75) is 58.7 Å². The van der Waals surface area contributed by atoms with Crippen molar-refractivity contribution in [3.8, 4) is 0 Å². The van der Waals surface area contributed by atoms with Gasteiger partial charge in [-0.1, -0.05) is 0 Å². The average Bonchev–Trinajstić information content (AvgIpc) is 3.39. The Morgan fingerprint density at radius 3 is 2.83 bits per heavy atom. The molecule has 2 aliphatic heterocycles. The van der Waals surface area contributed by atoms with E-state index in [9.17, 15) is 4.79 Å². The Hall–Kier alpha value is -2.48. The zero-order valence-electron chi connectivity index (χ0n) is 18.1. The molecule has 0 radical (unpaired) electrons. The van der Waals surface area contributed by atoms with Gasteiger partial charge in [0, 0.05) is 68.3 Å².